The molecule has 6 nitrogen and oxygen atoms in total. The Bertz CT molecular complexity index is 891. The third-order valence-electron chi connectivity index (χ3n) is 6.99. The second-order valence-electron chi connectivity index (χ2n) is 9.09. The van der Waals surface area contributed by atoms with Crippen molar-refractivity contribution in [1.29, 1.82) is 0 Å². The fourth-order valence-electron chi connectivity index (χ4n) is 5.08. The minimum absolute atomic E-state index is 0.136. The zero-order chi connectivity index (χ0) is 22.7. The molecular formula is C25H33FN4O2. The lowest BCUT2D eigenvalue weighted by molar-refractivity contribution is 0.0159. The Balaban J connectivity index is 1.27. The SMILES string of the molecule is C=C(NC(=O)N1CC2CC(N3CCOCC3)CC2C1)/C(N)=C\C=C(/C)c1ccc(F)cc1. The number of benzene rings is 1. The lowest BCUT2D eigenvalue weighted by Crippen LogP contribution is -2.44. The molecule has 3 aliphatic rings. The molecule has 2 heterocycles. The number of urea groups is 1. The molecule has 1 saturated carbocycles. The molecule has 3 N–H and O–H groups in total. The van der Waals surface area contributed by atoms with Gasteiger partial charge in [0.05, 0.1) is 24.6 Å². The second kappa shape index (κ2) is 9.88. The highest BCUT2D eigenvalue weighted by molar-refractivity contribution is 5.77. The normalized spacial score (nSPS) is 26.8. The van der Waals surface area contributed by atoms with E-state index in [9.17, 15) is 9.18 Å². The standard InChI is InChI=1S/C25H33FN4O2/c1-17(19-4-6-22(26)7-5-19)3-8-24(27)18(2)28-25(31)30-15-20-13-23(14-21(20)16-30)29-9-11-32-12-10-29/h3-8,20-21,23H,2,9-16,27H2,1H3,(H,28,31)/b17-3+,24-8+. The number of morpholine rings is 1. The first kappa shape index (κ1) is 22.6. The lowest BCUT2D eigenvalue weighted by Gasteiger charge is -2.33. The summed E-state index contributed by atoms with van der Waals surface area (Å²) in [5.74, 6) is 0.863. The van der Waals surface area contributed by atoms with Gasteiger partial charge in [-0.2, -0.15) is 0 Å². The molecule has 1 aromatic carbocycles. The number of fused-ring (bicyclic) bond motifs is 1. The molecule has 1 aliphatic carbocycles. The molecule has 1 aromatic rings. The molecule has 2 amide bonds. The first-order valence-electron chi connectivity index (χ1n) is 11.4. The Morgan fingerprint density at radius 1 is 1.16 bits per heavy atom. The highest BCUT2D eigenvalue weighted by atomic mass is 19.1. The summed E-state index contributed by atoms with van der Waals surface area (Å²) in [6, 6.07) is 6.78. The van der Waals surface area contributed by atoms with E-state index in [0.717, 1.165) is 63.4 Å². The molecule has 0 spiro atoms. The quantitative estimate of drug-likeness (QED) is 0.689. The third kappa shape index (κ3) is 5.22. The van der Waals surface area contributed by atoms with Crippen LogP contribution in [0.3, 0.4) is 0 Å². The fourth-order valence-corrected chi connectivity index (χ4v) is 5.08. The second-order valence-corrected chi connectivity index (χ2v) is 9.09. The predicted molar refractivity (Wildman–Crippen MR) is 124 cm³/mol. The van der Waals surface area contributed by atoms with Gasteiger partial charge in [-0.25, -0.2) is 9.18 Å². The maximum Gasteiger partial charge on any atom is 0.321 e. The van der Waals surface area contributed by atoms with Crippen LogP contribution in [0.2, 0.25) is 0 Å². The van der Waals surface area contributed by atoms with Gasteiger partial charge in [-0.1, -0.05) is 24.8 Å². The average molecular weight is 441 g/mol. The molecule has 32 heavy (non-hydrogen) atoms. The summed E-state index contributed by atoms with van der Waals surface area (Å²) in [5, 5.41) is 2.85. The largest absolute Gasteiger partial charge is 0.397 e. The van der Waals surface area contributed by atoms with E-state index < -0.39 is 0 Å². The van der Waals surface area contributed by atoms with Crippen LogP contribution in [0, 0.1) is 17.7 Å². The molecule has 0 aromatic heterocycles. The van der Waals surface area contributed by atoms with Gasteiger partial charge < -0.3 is 20.7 Å². The summed E-state index contributed by atoms with van der Waals surface area (Å²) in [7, 11) is 0. The molecule has 7 heteroatoms. The molecule has 2 unspecified atom stereocenters. The topological polar surface area (TPSA) is 70.8 Å². The van der Waals surface area contributed by atoms with Crippen LogP contribution in [0.25, 0.3) is 5.57 Å². The number of hydrogen-bond donors (Lipinski definition) is 2. The van der Waals surface area contributed by atoms with Crippen molar-refractivity contribution >= 4 is 11.6 Å². The van der Waals surface area contributed by atoms with Crippen molar-refractivity contribution in [3.8, 4) is 0 Å². The van der Waals surface area contributed by atoms with E-state index in [2.05, 4.69) is 16.8 Å². The van der Waals surface area contributed by atoms with Crippen LogP contribution < -0.4 is 11.1 Å². The van der Waals surface area contributed by atoms with Gasteiger partial charge in [0, 0.05) is 32.2 Å². The number of halogens is 1. The minimum atomic E-state index is -0.268. The van der Waals surface area contributed by atoms with Crippen LogP contribution in [0.15, 0.2) is 54.4 Å². The van der Waals surface area contributed by atoms with Crippen molar-refractivity contribution < 1.29 is 13.9 Å². The Hall–Kier alpha value is -2.64. The van der Waals surface area contributed by atoms with E-state index in [1.165, 1.54) is 12.1 Å². The number of nitrogens with one attached hydrogen (secondary N) is 1. The van der Waals surface area contributed by atoms with E-state index in [0.29, 0.717) is 29.3 Å². The van der Waals surface area contributed by atoms with E-state index >= 15 is 0 Å². The molecule has 0 bridgehead atoms. The van der Waals surface area contributed by atoms with Crippen LogP contribution in [-0.2, 0) is 4.74 Å². The first-order chi connectivity index (χ1) is 15.4. The molecule has 172 valence electrons. The number of carbonyl (C=O) groups excluding carboxylic acids is 1. The summed E-state index contributed by atoms with van der Waals surface area (Å²) in [5.41, 5.74) is 8.75. The summed E-state index contributed by atoms with van der Waals surface area (Å²) in [6.45, 7) is 11.1. The van der Waals surface area contributed by atoms with Crippen LogP contribution >= 0.6 is 0 Å². The maximum atomic E-state index is 13.1. The number of hydrogen-bond acceptors (Lipinski definition) is 4. The maximum absolute atomic E-state index is 13.1. The summed E-state index contributed by atoms with van der Waals surface area (Å²) < 4.78 is 18.6. The van der Waals surface area contributed by atoms with Gasteiger partial charge in [0.2, 0.25) is 0 Å². The van der Waals surface area contributed by atoms with Crippen molar-refractivity contribution in [1.82, 2.24) is 15.1 Å². The smallest absolute Gasteiger partial charge is 0.321 e. The Morgan fingerprint density at radius 2 is 1.78 bits per heavy atom. The number of amides is 2. The highest BCUT2D eigenvalue weighted by Crippen LogP contribution is 2.40. The molecule has 0 radical (unpaired) electrons. The summed E-state index contributed by atoms with van der Waals surface area (Å²) in [6.07, 6.45) is 5.87. The van der Waals surface area contributed by atoms with E-state index in [-0.39, 0.29) is 11.8 Å². The first-order valence-corrected chi connectivity index (χ1v) is 11.4. The molecular weight excluding hydrogens is 407 g/mol. The number of carbonyl (C=O) groups is 1. The molecule has 2 aliphatic heterocycles. The molecule has 2 saturated heterocycles. The zero-order valence-corrected chi connectivity index (χ0v) is 18.7. The minimum Gasteiger partial charge on any atom is -0.397 e. The number of nitrogens with two attached hydrogens (primary N) is 1. The van der Waals surface area contributed by atoms with Gasteiger partial charge in [0.1, 0.15) is 5.82 Å². The lowest BCUT2D eigenvalue weighted by atomic mass is 10.0. The average Bonchev–Trinajstić information content (AvgIpc) is 3.38. The van der Waals surface area contributed by atoms with Crippen molar-refractivity contribution in [2.75, 3.05) is 39.4 Å². The Kier molecular flexibility index (Phi) is 6.96. The van der Waals surface area contributed by atoms with Crippen molar-refractivity contribution in [2.24, 2.45) is 17.6 Å². The van der Waals surface area contributed by atoms with Crippen LogP contribution in [0.5, 0.6) is 0 Å². The summed E-state index contributed by atoms with van der Waals surface area (Å²) in [4.78, 5) is 17.2. The van der Waals surface area contributed by atoms with E-state index in [1.54, 1.807) is 18.2 Å². The van der Waals surface area contributed by atoms with Crippen molar-refractivity contribution in [3.63, 3.8) is 0 Å². The number of rotatable bonds is 5. The molecule has 4 rings (SSSR count). The van der Waals surface area contributed by atoms with Crippen LogP contribution in [0.1, 0.15) is 25.3 Å². The van der Waals surface area contributed by atoms with E-state index in [1.807, 2.05) is 17.9 Å². The van der Waals surface area contributed by atoms with Gasteiger partial charge in [0.25, 0.3) is 0 Å². The van der Waals surface area contributed by atoms with Crippen LogP contribution in [0.4, 0.5) is 9.18 Å². The van der Waals surface area contributed by atoms with E-state index in [4.69, 9.17) is 10.5 Å². The molecule has 3 fully saturated rings. The van der Waals surface area contributed by atoms with Gasteiger partial charge in [0.15, 0.2) is 0 Å². The van der Waals surface area contributed by atoms with Gasteiger partial charge in [-0.05, 0) is 60.9 Å². The number of nitrogens with zero attached hydrogens (tertiary/aromatic N) is 2. The zero-order valence-electron chi connectivity index (χ0n) is 18.7. The van der Waals surface area contributed by atoms with Crippen LogP contribution in [-0.4, -0.2) is 61.3 Å². The predicted octanol–water partition coefficient (Wildman–Crippen LogP) is 3.34. The Morgan fingerprint density at radius 3 is 2.41 bits per heavy atom. The van der Waals surface area contributed by atoms with Gasteiger partial charge >= 0.3 is 6.03 Å². The fraction of sp³-hybridized carbons (Fsp3) is 0.480. The number of ether oxygens (including phenoxy) is 1. The van der Waals surface area contributed by atoms with Crippen molar-refractivity contribution in [3.05, 3.63) is 65.8 Å². The van der Waals surface area contributed by atoms with Gasteiger partial charge in [-0.15, -0.1) is 0 Å². The monoisotopic (exact) mass is 440 g/mol. The van der Waals surface area contributed by atoms with Crippen molar-refractivity contribution in [2.45, 2.75) is 25.8 Å². The van der Waals surface area contributed by atoms with Gasteiger partial charge in [-0.3, -0.25) is 4.90 Å². The summed E-state index contributed by atoms with van der Waals surface area (Å²) >= 11 is 0. The third-order valence-corrected chi connectivity index (χ3v) is 6.99. The highest BCUT2D eigenvalue weighted by Gasteiger charge is 2.44. The Labute approximate surface area is 189 Å². The number of allylic oxidation sites excluding steroid dienone is 3. The molecule has 2 atom stereocenters. The number of likely N-dealkylation sites (tertiary alicyclic amines) is 1.